The summed E-state index contributed by atoms with van der Waals surface area (Å²) in [4.78, 5) is 0. The van der Waals surface area contributed by atoms with E-state index < -0.39 is 0 Å². The second-order valence-corrected chi connectivity index (χ2v) is 7.65. The van der Waals surface area contributed by atoms with Gasteiger partial charge in [-0.05, 0) is 12.3 Å². The molecule has 3 nitrogen and oxygen atoms in total. The van der Waals surface area contributed by atoms with E-state index in [1.807, 2.05) is 0 Å². The molecule has 0 amide bonds. The number of hydrogen-bond donors (Lipinski definition) is 2. The summed E-state index contributed by atoms with van der Waals surface area (Å²) >= 11 is 0. The highest BCUT2D eigenvalue weighted by molar-refractivity contribution is 5.19. The fraction of sp³-hybridized carbons (Fsp3) is 0.773. The number of pyridine rings is 1. The van der Waals surface area contributed by atoms with Crippen LogP contribution in [0.2, 0.25) is 0 Å². The van der Waals surface area contributed by atoms with Gasteiger partial charge >= 0.3 is 5.88 Å². The van der Waals surface area contributed by atoms with Crippen molar-refractivity contribution in [1.82, 2.24) is 0 Å². The fourth-order valence-electron chi connectivity index (χ4n) is 3.42. The molecule has 1 aromatic rings. The van der Waals surface area contributed by atoms with Gasteiger partial charge in [0.1, 0.15) is 5.75 Å². The maximum atomic E-state index is 9.75. The summed E-state index contributed by atoms with van der Waals surface area (Å²) < 4.78 is 1.80. The van der Waals surface area contributed by atoms with E-state index >= 15 is 0 Å². The highest BCUT2D eigenvalue weighted by Crippen LogP contribution is 2.18. The molecule has 1 atom stereocenters. The van der Waals surface area contributed by atoms with Crippen LogP contribution in [0.3, 0.4) is 0 Å². The molecule has 0 aliphatic rings. The van der Waals surface area contributed by atoms with Crippen LogP contribution in [-0.4, -0.2) is 10.2 Å². The van der Waals surface area contributed by atoms with Crippen LogP contribution in [0.1, 0.15) is 97.3 Å². The zero-order valence-electron chi connectivity index (χ0n) is 16.9. The van der Waals surface area contributed by atoms with Crippen molar-refractivity contribution in [2.45, 2.75) is 104 Å². The van der Waals surface area contributed by atoms with E-state index in [0.29, 0.717) is 0 Å². The molecule has 26 heavy (non-hydrogen) atoms. The van der Waals surface area contributed by atoms with Crippen LogP contribution in [0.15, 0.2) is 18.3 Å². The van der Waals surface area contributed by atoms with Crippen LogP contribution in [-0.2, 0) is 6.54 Å². The van der Waals surface area contributed by atoms with Gasteiger partial charge in [0.2, 0.25) is 0 Å². The van der Waals surface area contributed by atoms with Gasteiger partial charge in [-0.25, -0.2) is 0 Å². The molecule has 4 heteroatoms. The molecule has 0 saturated heterocycles. The van der Waals surface area contributed by atoms with E-state index in [4.69, 9.17) is 0 Å². The second kappa shape index (κ2) is 16.2. The second-order valence-electron chi connectivity index (χ2n) is 7.65. The molecular formula is C22H40ClNO2. The molecule has 0 saturated carbocycles. The molecule has 0 radical (unpaired) electrons. The predicted molar refractivity (Wildman–Crippen MR) is 105 cm³/mol. The average molecular weight is 386 g/mol. The lowest BCUT2D eigenvalue weighted by Crippen LogP contribution is -3.00. The van der Waals surface area contributed by atoms with Gasteiger partial charge in [0.15, 0.2) is 12.7 Å². The van der Waals surface area contributed by atoms with Gasteiger partial charge in [-0.15, -0.1) is 0 Å². The number of aryl methyl sites for hydroxylation is 1. The lowest BCUT2D eigenvalue weighted by atomic mass is 9.96. The third-order valence-electron chi connectivity index (χ3n) is 5.14. The minimum atomic E-state index is 0. The third kappa shape index (κ3) is 12.4. The fourth-order valence-corrected chi connectivity index (χ4v) is 3.42. The summed E-state index contributed by atoms with van der Waals surface area (Å²) in [5.74, 6) is 1.06. The molecule has 1 heterocycles. The first-order valence-corrected chi connectivity index (χ1v) is 10.5. The zero-order chi connectivity index (χ0) is 18.3. The van der Waals surface area contributed by atoms with Crippen molar-refractivity contribution in [1.29, 1.82) is 0 Å². The molecule has 152 valence electrons. The van der Waals surface area contributed by atoms with Crippen LogP contribution < -0.4 is 17.0 Å². The van der Waals surface area contributed by atoms with Crippen LogP contribution in [0.4, 0.5) is 0 Å². The summed E-state index contributed by atoms with van der Waals surface area (Å²) in [6, 6.07) is 3.01. The molecule has 0 aliphatic heterocycles. The predicted octanol–water partition coefficient (Wildman–Crippen LogP) is 3.12. The van der Waals surface area contributed by atoms with Crippen molar-refractivity contribution in [2.75, 3.05) is 0 Å². The smallest absolute Gasteiger partial charge is 0.369 e. The highest BCUT2D eigenvalue weighted by Gasteiger charge is 2.10. The largest absolute Gasteiger partial charge is 1.00 e. The molecule has 0 spiro atoms. The van der Waals surface area contributed by atoms with Gasteiger partial charge in [-0.2, -0.15) is 4.57 Å². The lowest BCUT2D eigenvalue weighted by Gasteiger charge is -2.10. The zero-order valence-corrected chi connectivity index (χ0v) is 17.7. The first-order chi connectivity index (χ1) is 12.1. The first kappa shape index (κ1) is 25.0. The molecule has 0 aromatic carbocycles. The van der Waals surface area contributed by atoms with Crippen LogP contribution >= 0.6 is 0 Å². The highest BCUT2D eigenvalue weighted by atomic mass is 35.5. The van der Waals surface area contributed by atoms with E-state index in [0.717, 1.165) is 18.9 Å². The SMILES string of the molecule is CCCCCCCCCCCC(C)CCCC[n+]1ccc(O)cc1O.[Cl-]. The van der Waals surface area contributed by atoms with Crippen LogP contribution in [0, 0.1) is 5.92 Å². The average Bonchev–Trinajstić information content (AvgIpc) is 2.59. The molecule has 0 aliphatic carbocycles. The Hall–Kier alpha value is -0.960. The topological polar surface area (TPSA) is 44.3 Å². The number of hydrogen-bond acceptors (Lipinski definition) is 2. The molecule has 0 bridgehead atoms. The van der Waals surface area contributed by atoms with E-state index in [-0.39, 0.29) is 24.0 Å². The Balaban J connectivity index is 0.00000625. The van der Waals surface area contributed by atoms with Gasteiger partial charge in [-0.3, -0.25) is 0 Å². The van der Waals surface area contributed by atoms with Crippen molar-refractivity contribution in [3.63, 3.8) is 0 Å². The van der Waals surface area contributed by atoms with Gasteiger partial charge < -0.3 is 22.6 Å². The Bertz CT molecular complexity index is 454. The Labute approximate surface area is 167 Å². The number of nitrogens with zero attached hydrogens (tertiary/aromatic N) is 1. The van der Waals surface area contributed by atoms with E-state index in [9.17, 15) is 10.2 Å². The minimum Gasteiger partial charge on any atom is -1.00 e. The summed E-state index contributed by atoms with van der Waals surface area (Å²) in [5, 5.41) is 19.0. The van der Waals surface area contributed by atoms with Gasteiger partial charge in [0.25, 0.3) is 0 Å². The Kier molecular flexibility index (Phi) is 15.6. The molecule has 1 aromatic heterocycles. The van der Waals surface area contributed by atoms with Crippen LogP contribution in [0.25, 0.3) is 0 Å². The number of unbranched alkanes of at least 4 members (excludes halogenated alkanes) is 9. The first-order valence-electron chi connectivity index (χ1n) is 10.5. The summed E-state index contributed by atoms with van der Waals surface area (Å²) in [6.07, 6.45) is 19.3. The standard InChI is InChI=1S/C22H39NO2.ClH/c1-3-4-5-6-7-8-9-10-11-14-20(2)15-12-13-17-23-18-16-21(24)19-22(23)25;/h16,18-20H,3-15,17H2,1-2H3,(H,24,25);1H. The molecule has 1 unspecified atom stereocenters. The Morgan fingerprint density at radius 1 is 0.846 bits per heavy atom. The monoisotopic (exact) mass is 385 g/mol. The Morgan fingerprint density at radius 2 is 1.38 bits per heavy atom. The number of aromatic nitrogens is 1. The van der Waals surface area contributed by atoms with Crippen LogP contribution in [0.5, 0.6) is 11.6 Å². The van der Waals surface area contributed by atoms with E-state index in [1.54, 1.807) is 16.8 Å². The minimum absolute atomic E-state index is 0. The molecule has 2 N–H and O–H groups in total. The lowest BCUT2D eigenvalue weighted by molar-refractivity contribution is -0.703. The van der Waals surface area contributed by atoms with Gasteiger partial charge in [0.05, 0.1) is 6.07 Å². The van der Waals surface area contributed by atoms with Gasteiger partial charge in [-0.1, -0.05) is 84.5 Å². The van der Waals surface area contributed by atoms with Crippen molar-refractivity contribution >= 4 is 0 Å². The quantitative estimate of drug-likeness (QED) is 0.360. The van der Waals surface area contributed by atoms with E-state index in [1.165, 1.54) is 83.1 Å². The molecular weight excluding hydrogens is 346 g/mol. The van der Waals surface area contributed by atoms with Crippen molar-refractivity contribution in [2.24, 2.45) is 5.92 Å². The van der Waals surface area contributed by atoms with Gasteiger partial charge in [0, 0.05) is 12.5 Å². The number of aromatic hydroxyl groups is 2. The molecule has 1 rings (SSSR count). The Morgan fingerprint density at radius 3 is 1.96 bits per heavy atom. The maximum absolute atomic E-state index is 9.75. The third-order valence-corrected chi connectivity index (χ3v) is 5.14. The van der Waals surface area contributed by atoms with E-state index in [2.05, 4.69) is 13.8 Å². The van der Waals surface area contributed by atoms with Crippen molar-refractivity contribution in [3.05, 3.63) is 18.3 Å². The summed E-state index contributed by atoms with van der Waals surface area (Å²) in [7, 11) is 0. The summed E-state index contributed by atoms with van der Waals surface area (Å²) in [6.45, 7) is 5.46. The van der Waals surface area contributed by atoms with Crippen molar-refractivity contribution < 1.29 is 27.2 Å². The van der Waals surface area contributed by atoms with Crippen molar-refractivity contribution in [3.8, 4) is 11.6 Å². The maximum Gasteiger partial charge on any atom is 0.369 e. The number of halogens is 1. The summed E-state index contributed by atoms with van der Waals surface area (Å²) in [5.41, 5.74) is 0. The normalized spacial score (nSPS) is 11.9. The number of rotatable bonds is 15. The molecule has 0 fully saturated rings.